The second kappa shape index (κ2) is 10.3. The highest BCUT2D eigenvalue weighted by molar-refractivity contribution is 5.99. The maximum Gasteiger partial charge on any atom is 0.336 e. The predicted octanol–water partition coefficient (Wildman–Crippen LogP) is 2.61. The number of nitrogens with zero attached hydrogens (tertiary/aromatic N) is 1. The minimum Gasteiger partial charge on any atom is -0.467 e. The first-order valence-corrected chi connectivity index (χ1v) is 11.0. The first kappa shape index (κ1) is 24.4. The van der Waals surface area contributed by atoms with Crippen molar-refractivity contribution in [2.75, 3.05) is 6.54 Å². The van der Waals surface area contributed by atoms with E-state index in [2.05, 4.69) is 5.32 Å². The molecule has 10 nitrogen and oxygen atoms in total. The van der Waals surface area contributed by atoms with Crippen LogP contribution < -0.4 is 16.7 Å². The van der Waals surface area contributed by atoms with Gasteiger partial charge in [-0.05, 0) is 53.9 Å². The third kappa shape index (κ3) is 5.34. The van der Waals surface area contributed by atoms with Crippen molar-refractivity contribution >= 4 is 28.8 Å². The van der Waals surface area contributed by atoms with Crippen molar-refractivity contribution in [3.63, 3.8) is 0 Å². The third-order valence-corrected chi connectivity index (χ3v) is 5.64. The average molecular weight is 489 g/mol. The molecular weight excluding hydrogens is 466 g/mol. The second-order valence-corrected chi connectivity index (χ2v) is 8.11. The van der Waals surface area contributed by atoms with Gasteiger partial charge in [0.05, 0.1) is 19.4 Å². The topological polar surface area (TPSA) is 156 Å². The van der Waals surface area contributed by atoms with Crippen molar-refractivity contribution in [1.82, 2.24) is 10.2 Å². The summed E-state index contributed by atoms with van der Waals surface area (Å²) in [6.07, 6.45) is 0.379. The number of carbonyl (C=O) groups is 3. The fourth-order valence-electron chi connectivity index (χ4n) is 3.72. The molecule has 0 fully saturated rings. The maximum atomic E-state index is 12.5. The quantitative estimate of drug-likeness (QED) is 0.337. The van der Waals surface area contributed by atoms with Crippen LogP contribution in [0.15, 0.2) is 80.6 Å². The molecule has 36 heavy (non-hydrogen) atoms. The van der Waals surface area contributed by atoms with Crippen LogP contribution in [-0.2, 0) is 11.3 Å². The Morgan fingerprint density at radius 1 is 1.06 bits per heavy atom. The molecule has 4 aromatic rings. The van der Waals surface area contributed by atoms with Gasteiger partial charge < -0.3 is 25.0 Å². The van der Waals surface area contributed by atoms with Crippen molar-refractivity contribution in [2.24, 2.45) is 5.73 Å². The molecule has 1 unspecified atom stereocenters. The largest absolute Gasteiger partial charge is 0.467 e. The summed E-state index contributed by atoms with van der Waals surface area (Å²) in [5.41, 5.74) is 7.22. The van der Waals surface area contributed by atoms with Crippen molar-refractivity contribution < 1.29 is 28.3 Å². The number of nitrogens with two attached hydrogens (primary N) is 1. The Morgan fingerprint density at radius 3 is 2.44 bits per heavy atom. The number of aliphatic hydroxyl groups excluding tert-OH is 1. The van der Waals surface area contributed by atoms with Gasteiger partial charge in [0.25, 0.3) is 5.91 Å². The van der Waals surface area contributed by atoms with Crippen molar-refractivity contribution in [3.05, 3.63) is 105 Å². The van der Waals surface area contributed by atoms with Gasteiger partial charge in [0.2, 0.25) is 5.91 Å². The summed E-state index contributed by atoms with van der Waals surface area (Å²) < 4.78 is 10.4. The number of urea groups is 1. The highest BCUT2D eigenvalue weighted by atomic mass is 16.4. The van der Waals surface area contributed by atoms with Gasteiger partial charge in [-0.3, -0.25) is 14.5 Å². The van der Waals surface area contributed by atoms with Crippen LogP contribution in [0.3, 0.4) is 0 Å². The molecule has 0 bridgehead atoms. The number of nitrogens with one attached hydrogen (secondary N) is 1. The van der Waals surface area contributed by atoms with E-state index in [9.17, 15) is 24.3 Å². The Morgan fingerprint density at radius 2 is 1.78 bits per heavy atom. The van der Waals surface area contributed by atoms with Gasteiger partial charge >= 0.3 is 11.7 Å². The highest BCUT2D eigenvalue weighted by Gasteiger charge is 2.21. The molecule has 1 atom stereocenters. The molecule has 0 spiro atoms. The summed E-state index contributed by atoms with van der Waals surface area (Å²) in [6.45, 7) is 1.20. The number of primary amides is 1. The molecule has 0 aliphatic rings. The number of aliphatic hydroxyl groups is 1. The smallest absolute Gasteiger partial charge is 0.336 e. The molecule has 2 heterocycles. The summed E-state index contributed by atoms with van der Waals surface area (Å²) in [5.74, 6) is -0.876. The Balaban J connectivity index is 1.41. The minimum atomic E-state index is -1.02. The van der Waals surface area contributed by atoms with Crippen LogP contribution in [0.1, 0.15) is 38.9 Å². The van der Waals surface area contributed by atoms with Crippen LogP contribution >= 0.6 is 0 Å². The number of furan rings is 1. The lowest BCUT2D eigenvalue weighted by Gasteiger charge is -2.17. The minimum absolute atomic E-state index is 0.151. The molecule has 0 saturated carbocycles. The molecule has 10 heteroatoms. The fraction of sp³-hybridized carbons (Fsp3) is 0.154. The van der Waals surface area contributed by atoms with Crippen LogP contribution in [-0.4, -0.2) is 34.4 Å². The first-order valence-electron chi connectivity index (χ1n) is 11.0. The summed E-state index contributed by atoms with van der Waals surface area (Å²) in [5, 5.41) is 14.0. The monoisotopic (exact) mass is 489 g/mol. The molecule has 0 radical (unpaired) electrons. The summed E-state index contributed by atoms with van der Waals surface area (Å²) >= 11 is 0. The van der Waals surface area contributed by atoms with Gasteiger partial charge in [-0.1, -0.05) is 24.3 Å². The van der Waals surface area contributed by atoms with Crippen molar-refractivity contribution in [1.29, 1.82) is 0 Å². The fourth-order valence-corrected chi connectivity index (χ4v) is 3.72. The van der Waals surface area contributed by atoms with Gasteiger partial charge in [-0.2, -0.15) is 0 Å². The summed E-state index contributed by atoms with van der Waals surface area (Å²) in [4.78, 5) is 49.0. The number of benzene rings is 2. The molecule has 2 aromatic heterocycles. The van der Waals surface area contributed by atoms with E-state index in [1.165, 1.54) is 24.5 Å². The van der Waals surface area contributed by atoms with Crippen LogP contribution in [0.5, 0.6) is 0 Å². The summed E-state index contributed by atoms with van der Waals surface area (Å²) in [7, 11) is 0. The van der Waals surface area contributed by atoms with E-state index in [4.69, 9.17) is 14.6 Å². The van der Waals surface area contributed by atoms with E-state index in [0.717, 1.165) is 15.8 Å². The Labute approximate surface area is 204 Å². The van der Waals surface area contributed by atoms with E-state index in [0.29, 0.717) is 22.5 Å². The number of amides is 4. The van der Waals surface area contributed by atoms with Gasteiger partial charge in [-0.15, -0.1) is 0 Å². The number of hydrogen-bond donors (Lipinski definition) is 3. The number of rotatable bonds is 7. The lowest BCUT2D eigenvalue weighted by atomic mass is 9.98. The predicted molar refractivity (Wildman–Crippen MR) is 129 cm³/mol. The van der Waals surface area contributed by atoms with Crippen LogP contribution in [0.25, 0.3) is 11.0 Å². The molecule has 2 aromatic carbocycles. The number of imide groups is 1. The number of hydrogen-bond acceptors (Lipinski definition) is 7. The second-order valence-electron chi connectivity index (χ2n) is 8.11. The van der Waals surface area contributed by atoms with Crippen LogP contribution in [0, 0.1) is 6.92 Å². The molecule has 0 saturated heterocycles. The van der Waals surface area contributed by atoms with Crippen molar-refractivity contribution in [3.8, 4) is 0 Å². The van der Waals surface area contributed by atoms with Gasteiger partial charge in [0.1, 0.15) is 17.4 Å². The number of carbonyl (C=O) groups excluding carboxylic acids is 3. The number of aryl methyl sites for hydroxylation is 1. The van der Waals surface area contributed by atoms with Gasteiger partial charge in [0, 0.05) is 17.0 Å². The van der Waals surface area contributed by atoms with E-state index >= 15 is 0 Å². The first-order chi connectivity index (χ1) is 17.2. The van der Waals surface area contributed by atoms with E-state index in [1.807, 2.05) is 0 Å². The standard InChI is InChI=1S/C26H23N3O7/c1-15-11-23(31)36-21-12-18(8-9-20(15)21)24(32)16-4-6-17(7-5-16)25(33)28-13-22(30)29(26(27)34)14-19-3-2-10-35-19/h2-12,24,32H,13-14H2,1H3,(H2,27,34)(H,28,33). The zero-order valence-electron chi connectivity index (χ0n) is 19.3. The normalized spacial score (nSPS) is 11.7. The highest BCUT2D eigenvalue weighted by Crippen LogP contribution is 2.26. The Kier molecular flexibility index (Phi) is 6.98. The zero-order valence-corrected chi connectivity index (χ0v) is 19.3. The lowest BCUT2D eigenvalue weighted by molar-refractivity contribution is -0.127. The van der Waals surface area contributed by atoms with E-state index < -0.39 is 36.1 Å². The van der Waals surface area contributed by atoms with Gasteiger partial charge in [0.15, 0.2) is 0 Å². The van der Waals surface area contributed by atoms with E-state index in [-0.39, 0.29) is 12.1 Å². The van der Waals surface area contributed by atoms with E-state index in [1.54, 1.807) is 49.4 Å². The zero-order chi connectivity index (χ0) is 25.8. The molecule has 184 valence electrons. The van der Waals surface area contributed by atoms with Gasteiger partial charge in [-0.25, -0.2) is 9.59 Å². The van der Waals surface area contributed by atoms with Crippen molar-refractivity contribution in [2.45, 2.75) is 19.6 Å². The molecule has 4 rings (SSSR count). The molecular formula is C26H23N3O7. The molecule has 4 amide bonds. The molecule has 4 N–H and O–H groups in total. The SMILES string of the molecule is Cc1cc(=O)oc2cc(C(O)c3ccc(C(=O)NCC(=O)N(Cc4ccco4)C(N)=O)cc3)ccc12. The number of fused-ring (bicyclic) bond motifs is 1. The average Bonchev–Trinajstić information content (AvgIpc) is 3.38. The van der Waals surface area contributed by atoms with Crippen LogP contribution in [0.4, 0.5) is 4.79 Å². The summed E-state index contributed by atoms with van der Waals surface area (Å²) in [6, 6.07) is 14.9. The van der Waals surface area contributed by atoms with Crippen LogP contribution in [0.2, 0.25) is 0 Å². The lowest BCUT2D eigenvalue weighted by Crippen LogP contribution is -2.45. The Hall–Kier alpha value is -4.70. The third-order valence-electron chi connectivity index (χ3n) is 5.64. The molecule has 0 aliphatic carbocycles. The molecule has 0 aliphatic heterocycles. The maximum absolute atomic E-state index is 12.5. The Bertz CT molecular complexity index is 1470.